The maximum atomic E-state index is 6.26. The van der Waals surface area contributed by atoms with Gasteiger partial charge in [-0.1, -0.05) is 43.0 Å². The van der Waals surface area contributed by atoms with Crippen LogP contribution in [0.4, 0.5) is 5.82 Å². The van der Waals surface area contributed by atoms with E-state index in [4.69, 9.17) is 23.8 Å². The number of nitrogens with one attached hydrogen (secondary N) is 2. The van der Waals surface area contributed by atoms with Gasteiger partial charge in [0.1, 0.15) is 5.82 Å². The van der Waals surface area contributed by atoms with E-state index in [2.05, 4.69) is 40.7 Å². The fourth-order valence-electron chi connectivity index (χ4n) is 3.93. The van der Waals surface area contributed by atoms with E-state index in [1.54, 1.807) is 0 Å². The van der Waals surface area contributed by atoms with Crippen LogP contribution in [0.3, 0.4) is 0 Å². The number of aromatic nitrogens is 1. The largest absolute Gasteiger partial charge is 0.362 e. The highest BCUT2D eigenvalue weighted by Crippen LogP contribution is 2.39. The SMILES string of the molecule is Cc1cc(C)nc(NC(=S)NCC2(c3cccc(Cl)c3)CCCCC2)c1. The van der Waals surface area contributed by atoms with Crippen molar-refractivity contribution in [3.05, 3.63) is 58.2 Å². The van der Waals surface area contributed by atoms with Crippen LogP contribution >= 0.6 is 23.8 Å². The number of halogens is 1. The summed E-state index contributed by atoms with van der Waals surface area (Å²) in [5, 5.41) is 8.08. The number of hydrogen-bond acceptors (Lipinski definition) is 2. The molecule has 0 radical (unpaired) electrons. The number of pyridine rings is 1. The third-order valence-corrected chi connectivity index (χ3v) is 5.66. The standard InChI is InChI=1S/C21H26ClN3S/c1-15-11-16(2)24-19(12-15)25-20(26)23-14-21(9-4-3-5-10-21)17-7-6-8-18(22)13-17/h6-8,11-13H,3-5,9-10,14H2,1-2H3,(H2,23,24,25,26). The summed E-state index contributed by atoms with van der Waals surface area (Å²) >= 11 is 11.8. The molecule has 2 aromatic rings. The Morgan fingerprint density at radius 2 is 1.92 bits per heavy atom. The molecule has 0 atom stereocenters. The Labute approximate surface area is 166 Å². The minimum atomic E-state index is 0.0881. The van der Waals surface area contributed by atoms with Gasteiger partial charge in [-0.2, -0.15) is 0 Å². The molecule has 1 aliphatic rings. The van der Waals surface area contributed by atoms with Crippen molar-refractivity contribution in [1.29, 1.82) is 0 Å². The van der Waals surface area contributed by atoms with Crippen LogP contribution in [0.1, 0.15) is 48.9 Å². The minimum Gasteiger partial charge on any atom is -0.362 e. The zero-order chi connectivity index (χ0) is 18.6. The van der Waals surface area contributed by atoms with Crippen LogP contribution < -0.4 is 10.6 Å². The van der Waals surface area contributed by atoms with E-state index >= 15 is 0 Å². The number of rotatable bonds is 4. The van der Waals surface area contributed by atoms with Crippen molar-refractivity contribution in [2.75, 3.05) is 11.9 Å². The van der Waals surface area contributed by atoms with Gasteiger partial charge >= 0.3 is 0 Å². The Hall–Kier alpha value is -1.65. The van der Waals surface area contributed by atoms with Crippen molar-refractivity contribution in [2.45, 2.75) is 51.4 Å². The second-order valence-corrected chi connectivity index (χ2v) is 8.17. The molecular formula is C21H26ClN3S. The summed E-state index contributed by atoms with van der Waals surface area (Å²) in [6.45, 7) is 4.86. The smallest absolute Gasteiger partial charge is 0.171 e. The zero-order valence-electron chi connectivity index (χ0n) is 15.4. The molecule has 1 fully saturated rings. The molecule has 26 heavy (non-hydrogen) atoms. The van der Waals surface area contributed by atoms with E-state index in [0.717, 1.165) is 35.9 Å². The van der Waals surface area contributed by atoms with Crippen molar-refractivity contribution in [3.8, 4) is 0 Å². The van der Waals surface area contributed by atoms with Crippen molar-refractivity contribution < 1.29 is 0 Å². The third-order valence-electron chi connectivity index (χ3n) is 5.17. The monoisotopic (exact) mass is 387 g/mol. The molecule has 0 bridgehead atoms. The van der Waals surface area contributed by atoms with Crippen LogP contribution in [0.15, 0.2) is 36.4 Å². The summed E-state index contributed by atoms with van der Waals surface area (Å²) in [6, 6.07) is 12.3. The lowest BCUT2D eigenvalue weighted by Crippen LogP contribution is -2.43. The van der Waals surface area contributed by atoms with Crippen LogP contribution in [-0.4, -0.2) is 16.6 Å². The number of nitrogens with zero attached hydrogens (tertiary/aromatic N) is 1. The first-order valence-corrected chi connectivity index (χ1v) is 10.0. The van der Waals surface area contributed by atoms with Crippen molar-refractivity contribution in [1.82, 2.24) is 10.3 Å². The zero-order valence-corrected chi connectivity index (χ0v) is 17.0. The van der Waals surface area contributed by atoms with Gasteiger partial charge in [0.2, 0.25) is 0 Å². The molecular weight excluding hydrogens is 362 g/mol. The Morgan fingerprint density at radius 1 is 1.15 bits per heavy atom. The molecule has 5 heteroatoms. The lowest BCUT2D eigenvalue weighted by Gasteiger charge is -2.38. The molecule has 1 aromatic heterocycles. The number of aryl methyl sites for hydroxylation is 2. The fraction of sp³-hybridized carbons (Fsp3) is 0.429. The Kier molecular flexibility index (Phi) is 6.15. The van der Waals surface area contributed by atoms with Crippen LogP contribution in [0, 0.1) is 13.8 Å². The molecule has 2 N–H and O–H groups in total. The Morgan fingerprint density at radius 3 is 2.62 bits per heavy atom. The van der Waals surface area contributed by atoms with Gasteiger partial charge in [-0.25, -0.2) is 4.98 Å². The second-order valence-electron chi connectivity index (χ2n) is 7.33. The number of hydrogen-bond donors (Lipinski definition) is 2. The summed E-state index contributed by atoms with van der Waals surface area (Å²) in [6.07, 6.45) is 6.10. The van der Waals surface area contributed by atoms with E-state index in [9.17, 15) is 0 Å². The van der Waals surface area contributed by atoms with E-state index in [-0.39, 0.29) is 5.41 Å². The van der Waals surface area contributed by atoms with Crippen molar-refractivity contribution in [3.63, 3.8) is 0 Å². The van der Waals surface area contributed by atoms with Gasteiger partial charge in [-0.3, -0.25) is 0 Å². The average Bonchev–Trinajstić information content (AvgIpc) is 2.60. The van der Waals surface area contributed by atoms with E-state index in [1.165, 1.54) is 30.4 Å². The van der Waals surface area contributed by atoms with Crippen LogP contribution in [0.25, 0.3) is 0 Å². The third kappa shape index (κ3) is 4.74. The molecule has 3 rings (SSSR count). The normalized spacial score (nSPS) is 16.1. The predicted octanol–water partition coefficient (Wildman–Crippen LogP) is 5.54. The first-order valence-electron chi connectivity index (χ1n) is 9.23. The van der Waals surface area contributed by atoms with E-state index in [0.29, 0.717) is 5.11 Å². The Bertz CT molecular complexity index is 764. The molecule has 1 aromatic carbocycles. The van der Waals surface area contributed by atoms with Gasteiger partial charge in [0.05, 0.1) is 0 Å². The maximum absolute atomic E-state index is 6.26. The topological polar surface area (TPSA) is 37.0 Å². The van der Waals surface area contributed by atoms with Crippen molar-refractivity contribution in [2.24, 2.45) is 0 Å². The molecule has 138 valence electrons. The summed E-state index contributed by atoms with van der Waals surface area (Å²) in [5.41, 5.74) is 3.55. The molecule has 0 unspecified atom stereocenters. The summed E-state index contributed by atoms with van der Waals surface area (Å²) < 4.78 is 0. The van der Waals surface area contributed by atoms with E-state index in [1.807, 2.05) is 25.1 Å². The highest BCUT2D eigenvalue weighted by atomic mass is 35.5. The molecule has 0 spiro atoms. The van der Waals surface area contributed by atoms with Gasteiger partial charge in [-0.05, 0) is 74.3 Å². The van der Waals surface area contributed by atoms with Crippen molar-refractivity contribution >= 4 is 34.7 Å². The van der Waals surface area contributed by atoms with Crippen LogP contribution in [0.5, 0.6) is 0 Å². The maximum Gasteiger partial charge on any atom is 0.171 e. The lowest BCUT2D eigenvalue weighted by molar-refractivity contribution is 0.292. The second kappa shape index (κ2) is 8.36. The highest BCUT2D eigenvalue weighted by molar-refractivity contribution is 7.80. The fourth-order valence-corrected chi connectivity index (χ4v) is 4.30. The molecule has 0 saturated heterocycles. The summed E-state index contributed by atoms with van der Waals surface area (Å²) in [4.78, 5) is 4.50. The number of thiocarbonyl (C=S) groups is 1. The van der Waals surface area contributed by atoms with Gasteiger partial charge in [-0.15, -0.1) is 0 Å². The first kappa shape index (κ1) is 19.1. The molecule has 1 aliphatic carbocycles. The molecule has 0 amide bonds. The molecule has 0 aliphatic heterocycles. The average molecular weight is 388 g/mol. The number of benzene rings is 1. The summed E-state index contributed by atoms with van der Waals surface area (Å²) in [7, 11) is 0. The van der Waals surface area contributed by atoms with Gasteiger partial charge in [0.15, 0.2) is 5.11 Å². The first-order chi connectivity index (χ1) is 12.5. The Balaban J connectivity index is 1.70. The summed E-state index contributed by atoms with van der Waals surface area (Å²) in [5.74, 6) is 0.792. The van der Waals surface area contributed by atoms with Crippen LogP contribution in [-0.2, 0) is 5.41 Å². The quantitative estimate of drug-likeness (QED) is 0.675. The van der Waals surface area contributed by atoms with Crippen LogP contribution in [0.2, 0.25) is 5.02 Å². The van der Waals surface area contributed by atoms with Gasteiger partial charge in [0, 0.05) is 22.7 Å². The van der Waals surface area contributed by atoms with E-state index < -0.39 is 0 Å². The van der Waals surface area contributed by atoms with Gasteiger partial charge < -0.3 is 10.6 Å². The molecule has 3 nitrogen and oxygen atoms in total. The predicted molar refractivity (Wildman–Crippen MR) is 114 cm³/mol. The minimum absolute atomic E-state index is 0.0881. The lowest BCUT2D eigenvalue weighted by atomic mass is 9.69. The number of anilines is 1. The highest BCUT2D eigenvalue weighted by Gasteiger charge is 2.34. The molecule has 1 heterocycles. The molecule has 1 saturated carbocycles. The van der Waals surface area contributed by atoms with Gasteiger partial charge in [0.25, 0.3) is 0 Å².